The number of rotatable bonds is 8. The van der Waals surface area contributed by atoms with Gasteiger partial charge >= 0.3 is 0 Å². The third-order valence-electron chi connectivity index (χ3n) is 4.62. The van der Waals surface area contributed by atoms with Gasteiger partial charge in [-0.15, -0.1) is 10.2 Å². The molecule has 1 aromatic heterocycles. The first-order chi connectivity index (χ1) is 14.7. The van der Waals surface area contributed by atoms with E-state index in [4.69, 9.17) is 23.2 Å². The summed E-state index contributed by atoms with van der Waals surface area (Å²) in [5.41, 5.74) is 3.13. The number of carbonyl (C=O) groups excluding carboxylic acids is 1. The molecular weight excluding hydrogens is 451 g/mol. The van der Waals surface area contributed by atoms with Crippen molar-refractivity contribution in [1.29, 1.82) is 0 Å². The summed E-state index contributed by atoms with van der Waals surface area (Å²) in [5.74, 6) is 1.61. The lowest BCUT2D eigenvalue weighted by Gasteiger charge is -2.18. The lowest BCUT2D eigenvalue weighted by atomic mass is 10.1. The SMILES string of the molecule is Cc1cccc(CSc2nnc(C(C)NC(=O)CC(C)C)n2-c2ccc(Cl)cc2Cl)c1. The molecule has 5 nitrogen and oxygen atoms in total. The summed E-state index contributed by atoms with van der Waals surface area (Å²) in [7, 11) is 0. The minimum atomic E-state index is -0.334. The number of nitrogens with zero attached hydrogens (tertiary/aromatic N) is 3. The Morgan fingerprint density at radius 1 is 1.13 bits per heavy atom. The van der Waals surface area contributed by atoms with E-state index in [0.29, 0.717) is 27.4 Å². The molecule has 31 heavy (non-hydrogen) atoms. The number of benzene rings is 2. The molecule has 1 N–H and O–H groups in total. The first-order valence-electron chi connectivity index (χ1n) is 10.1. The molecule has 0 aliphatic carbocycles. The Bertz CT molecular complexity index is 1070. The van der Waals surface area contributed by atoms with E-state index in [0.717, 1.165) is 11.4 Å². The average Bonchev–Trinajstić information content (AvgIpc) is 3.09. The van der Waals surface area contributed by atoms with Gasteiger partial charge in [-0.05, 0) is 43.5 Å². The van der Waals surface area contributed by atoms with Crippen LogP contribution in [-0.2, 0) is 10.5 Å². The highest BCUT2D eigenvalue weighted by atomic mass is 35.5. The monoisotopic (exact) mass is 476 g/mol. The number of aromatic nitrogens is 3. The van der Waals surface area contributed by atoms with E-state index in [1.54, 1.807) is 23.9 Å². The minimum absolute atomic E-state index is 0.0202. The zero-order valence-corrected chi connectivity index (χ0v) is 20.4. The topological polar surface area (TPSA) is 59.8 Å². The molecule has 3 rings (SSSR count). The van der Waals surface area contributed by atoms with Gasteiger partial charge < -0.3 is 5.32 Å². The van der Waals surface area contributed by atoms with Gasteiger partial charge in [-0.25, -0.2) is 0 Å². The fourth-order valence-electron chi connectivity index (χ4n) is 3.23. The second kappa shape index (κ2) is 10.5. The predicted molar refractivity (Wildman–Crippen MR) is 128 cm³/mol. The summed E-state index contributed by atoms with van der Waals surface area (Å²) in [6.07, 6.45) is 0.454. The number of thioether (sulfide) groups is 1. The molecular formula is C23H26Cl2N4OS. The van der Waals surface area contributed by atoms with Crippen LogP contribution in [0.15, 0.2) is 47.6 Å². The maximum Gasteiger partial charge on any atom is 0.220 e. The van der Waals surface area contributed by atoms with E-state index in [1.807, 2.05) is 37.5 Å². The van der Waals surface area contributed by atoms with Crippen molar-refractivity contribution in [3.63, 3.8) is 0 Å². The number of amides is 1. The predicted octanol–water partition coefficient (Wildman–Crippen LogP) is 6.40. The largest absolute Gasteiger partial charge is 0.346 e. The fraction of sp³-hybridized carbons (Fsp3) is 0.348. The first-order valence-corrected chi connectivity index (χ1v) is 11.9. The quantitative estimate of drug-likeness (QED) is 0.382. The first kappa shape index (κ1) is 23.6. The molecule has 0 radical (unpaired) electrons. The van der Waals surface area contributed by atoms with Crippen molar-refractivity contribution in [2.24, 2.45) is 5.92 Å². The lowest BCUT2D eigenvalue weighted by molar-refractivity contribution is -0.122. The average molecular weight is 477 g/mol. The van der Waals surface area contributed by atoms with Crippen molar-refractivity contribution in [3.05, 3.63) is 69.5 Å². The highest BCUT2D eigenvalue weighted by molar-refractivity contribution is 7.98. The Morgan fingerprint density at radius 2 is 1.90 bits per heavy atom. The van der Waals surface area contributed by atoms with Gasteiger partial charge in [0, 0.05) is 17.2 Å². The Kier molecular flexibility index (Phi) is 8.03. The van der Waals surface area contributed by atoms with Crippen LogP contribution in [0, 0.1) is 12.8 Å². The van der Waals surface area contributed by atoms with E-state index in [1.165, 1.54) is 11.1 Å². The van der Waals surface area contributed by atoms with Crippen molar-refractivity contribution in [2.75, 3.05) is 0 Å². The van der Waals surface area contributed by atoms with Crippen LogP contribution >= 0.6 is 35.0 Å². The molecule has 0 fully saturated rings. The van der Waals surface area contributed by atoms with Gasteiger partial charge in [-0.2, -0.15) is 0 Å². The smallest absolute Gasteiger partial charge is 0.220 e. The third-order valence-corrected chi connectivity index (χ3v) is 6.16. The summed E-state index contributed by atoms with van der Waals surface area (Å²) in [4.78, 5) is 12.3. The molecule has 1 heterocycles. The third kappa shape index (κ3) is 6.25. The second-order valence-corrected chi connectivity index (χ2v) is 9.72. The highest BCUT2D eigenvalue weighted by Gasteiger charge is 2.22. The number of nitrogens with one attached hydrogen (secondary N) is 1. The van der Waals surface area contributed by atoms with Crippen molar-refractivity contribution < 1.29 is 4.79 Å². The van der Waals surface area contributed by atoms with Crippen LogP contribution in [0.5, 0.6) is 0 Å². The summed E-state index contributed by atoms with van der Waals surface area (Å²) in [6.45, 7) is 8.00. The van der Waals surface area contributed by atoms with Crippen LogP contribution in [0.25, 0.3) is 5.69 Å². The van der Waals surface area contributed by atoms with E-state index in [-0.39, 0.29) is 17.9 Å². The molecule has 1 amide bonds. The second-order valence-electron chi connectivity index (χ2n) is 7.94. The number of hydrogen-bond acceptors (Lipinski definition) is 4. The Labute approximate surface area is 197 Å². The zero-order chi connectivity index (χ0) is 22.5. The standard InChI is InChI=1S/C23H26Cl2N4OS/c1-14(2)10-21(30)26-16(4)22-27-28-23(31-13-17-7-5-6-15(3)11-17)29(22)20-9-8-18(24)12-19(20)25/h5-9,11-12,14,16H,10,13H2,1-4H3,(H,26,30). The van der Waals surface area contributed by atoms with E-state index in [9.17, 15) is 4.79 Å². The van der Waals surface area contributed by atoms with Gasteiger partial charge in [-0.1, -0.05) is 78.6 Å². The zero-order valence-electron chi connectivity index (χ0n) is 18.0. The minimum Gasteiger partial charge on any atom is -0.346 e. The highest BCUT2D eigenvalue weighted by Crippen LogP contribution is 2.32. The Hall–Kier alpha value is -2.02. The van der Waals surface area contributed by atoms with Gasteiger partial charge in [0.05, 0.1) is 16.8 Å². The van der Waals surface area contributed by atoms with Gasteiger partial charge in [0.1, 0.15) is 0 Å². The number of hydrogen-bond donors (Lipinski definition) is 1. The van der Waals surface area contributed by atoms with Crippen LogP contribution in [0.2, 0.25) is 10.0 Å². The van der Waals surface area contributed by atoms with E-state index in [2.05, 4.69) is 40.6 Å². The van der Waals surface area contributed by atoms with Crippen LogP contribution in [0.4, 0.5) is 0 Å². The Balaban J connectivity index is 1.94. The van der Waals surface area contributed by atoms with E-state index >= 15 is 0 Å². The summed E-state index contributed by atoms with van der Waals surface area (Å²) in [5, 5.41) is 13.6. The molecule has 164 valence electrons. The van der Waals surface area contributed by atoms with Crippen LogP contribution in [0.3, 0.4) is 0 Å². The van der Waals surface area contributed by atoms with Gasteiger partial charge in [0.2, 0.25) is 5.91 Å². The summed E-state index contributed by atoms with van der Waals surface area (Å²) in [6, 6.07) is 13.3. The number of halogens is 2. The Morgan fingerprint density at radius 3 is 2.58 bits per heavy atom. The van der Waals surface area contributed by atoms with Crippen LogP contribution < -0.4 is 5.32 Å². The summed E-state index contributed by atoms with van der Waals surface area (Å²) >= 11 is 14.2. The molecule has 0 bridgehead atoms. The van der Waals surface area contributed by atoms with Crippen molar-refractivity contribution >= 4 is 40.9 Å². The molecule has 0 spiro atoms. The van der Waals surface area contributed by atoms with Gasteiger partial charge in [0.15, 0.2) is 11.0 Å². The maximum absolute atomic E-state index is 12.3. The fourth-order valence-corrected chi connectivity index (χ4v) is 4.62. The molecule has 1 atom stereocenters. The van der Waals surface area contributed by atoms with Crippen molar-refractivity contribution in [2.45, 2.75) is 51.1 Å². The molecule has 3 aromatic rings. The molecule has 2 aromatic carbocycles. The maximum atomic E-state index is 12.3. The van der Waals surface area contributed by atoms with Gasteiger partial charge in [-0.3, -0.25) is 9.36 Å². The molecule has 0 saturated carbocycles. The van der Waals surface area contributed by atoms with Gasteiger partial charge in [0.25, 0.3) is 0 Å². The van der Waals surface area contributed by atoms with Crippen LogP contribution in [-0.4, -0.2) is 20.7 Å². The lowest BCUT2D eigenvalue weighted by Crippen LogP contribution is -2.29. The van der Waals surface area contributed by atoms with Crippen molar-refractivity contribution in [1.82, 2.24) is 20.1 Å². The molecule has 1 unspecified atom stereocenters. The number of aryl methyl sites for hydroxylation is 1. The van der Waals surface area contributed by atoms with Crippen LogP contribution in [0.1, 0.15) is 50.2 Å². The van der Waals surface area contributed by atoms with Crippen molar-refractivity contribution in [3.8, 4) is 5.69 Å². The van der Waals surface area contributed by atoms with E-state index < -0.39 is 0 Å². The normalized spacial score (nSPS) is 12.2. The molecule has 8 heteroatoms. The molecule has 0 aliphatic rings. The molecule has 0 saturated heterocycles. The number of carbonyl (C=O) groups is 1. The molecule has 0 aliphatic heterocycles. The summed E-state index contributed by atoms with van der Waals surface area (Å²) < 4.78 is 1.90.